The minimum absolute atomic E-state index is 0.0588. The van der Waals surface area contributed by atoms with E-state index in [0.717, 1.165) is 0 Å². The maximum absolute atomic E-state index is 12.7. The van der Waals surface area contributed by atoms with Crippen LogP contribution >= 0.6 is 0 Å². The summed E-state index contributed by atoms with van der Waals surface area (Å²) in [5.74, 6) is -1.96. The molecule has 152 valence electrons. The zero-order valence-electron chi connectivity index (χ0n) is 16.2. The number of hydrogen-bond donors (Lipinski definition) is 1. The van der Waals surface area contributed by atoms with Crippen molar-refractivity contribution >= 4 is 29.2 Å². The molecule has 1 N–H and O–H groups in total. The highest BCUT2D eigenvalue weighted by Crippen LogP contribution is 2.23. The van der Waals surface area contributed by atoms with Crippen LogP contribution < -0.4 is 5.32 Å². The summed E-state index contributed by atoms with van der Waals surface area (Å²) < 4.78 is 9.90. The van der Waals surface area contributed by atoms with Crippen molar-refractivity contribution < 1.29 is 28.8 Å². The number of amides is 1. The average molecular weight is 400 g/mol. The second-order valence-electron chi connectivity index (χ2n) is 5.90. The Morgan fingerprint density at radius 1 is 1.00 bits per heavy atom. The van der Waals surface area contributed by atoms with Crippen LogP contribution in [0.2, 0.25) is 0 Å². The van der Waals surface area contributed by atoms with Crippen LogP contribution in [0.3, 0.4) is 0 Å². The molecule has 2 rings (SSSR count). The molecule has 0 aliphatic carbocycles. The van der Waals surface area contributed by atoms with Crippen molar-refractivity contribution in [3.05, 3.63) is 68.8 Å². The molecule has 9 heteroatoms. The third-order valence-corrected chi connectivity index (χ3v) is 3.96. The molecule has 0 fully saturated rings. The van der Waals surface area contributed by atoms with Crippen LogP contribution in [0.5, 0.6) is 0 Å². The predicted octanol–water partition coefficient (Wildman–Crippen LogP) is 3.51. The maximum Gasteiger partial charge on any atom is 0.338 e. The molecule has 2 aromatic rings. The number of nitro benzene ring substituents is 1. The Hall–Kier alpha value is -3.75. The molecule has 0 saturated carbocycles. The van der Waals surface area contributed by atoms with Gasteiger partial charge >= 0.3 is 11.9 Å². The standard InChI is InChI=1S/C20H20N2O7/c1-4-28-19(24)13-9-14(20(25)29-5-2)11-15(10-13)21-18(23)16-7-6-8-17(12(16)3)22(26)27/h6-11H,4-5H2,1-3H3,(H,21,23). The molecule has 0 spiro atoms. The van der Waals surface area contributed by atoms with Gasteiger partial charge in [0.2, 0.25) is 0 Å². The molecule has 0 aliphatic heterocycles. The number of benzene rings is 2. The molecule has 1 amide bonds. The van der Waals surface area contributed by atoms with Crippen molar-refractivity contribution in [1.29, 1.82) is 0 Å². The quantitative estimate of drug-likeness (QED) is 0.428. The van der Waals surface area contributed by atoms with Gasteiger partial charge < -0.3 is 14.8 Å². The zero-order valence-corrected chi connectivity index (χ0v) is 16.2. The molecule has 29 heavy (non-hydrogen) atoms. The molecule has 0 radical (unpaired) electrons. The van der Waals surface area contributed by atoms with Gasteiger partial charge in [0.1, 0.15) is 0 Å². The SMILES string of the molecule is CCOC(=O)c1cc(NC(=O)c2cccc([N+](=O)[O-])c2C)cc(C(=O)OCC)c1. The number of hydrogen-bond acceptors (Lipinski definition) is 7. The van der Waals surface area contributed by atoms with Gasteiger partial charge in [-0.15, -0.1) is 0 Å². The number of nitrogens with one attached hydrogen (secondary N) is 1. The second-order valence-corrected chi connectivity index (χ2v) is 5.90. The summed E-state index contributed by atoms with van der Waals surface area (Å²) in [5.41, 5.74) is 0.368. The Labute approximate surface area is 166 Å². The number of carbonyl (C=O) groups is 3. The molecule has 0 aliphatic rings. The second kappa shape index (κ2) is 9.45. The summed E-state index contributed by atoms with van der Waals surface area (Å²) in [5, 5.41) is 13.7. The Kier molecular flexibility index (Phi) is 7.02. The maximum atomic E-state index is 12.7. The third kappa shape index (κ3) is 5.16. The minimum atomic E-state index is -0.666. The number of rotatable bonds is 7. The number of anilines is 1. The molecule has 0 unspecified atom stereocenters. The monoisotopic (exact) mass is 400 g/mol. The van der Waals surface area contributed by atoms with E-state index in [1.165, 1.54) is 43.3 Å². The van der Waals surface area contributed by atoms with E-state index in [0.29, 0.717) is 0 Å². The molecule has 9 nitrogen and oxygen atoms in total. The van der Waals surface area contributed by atoms with Crippen LogP contribution in [-0.4, -0.2) is 36.0 Å². The van der Waals surface area contributed by atoms with Crippen molar-refractivity contribution in [2.24, 2.45) is 0 Å². The summed E-state index contributed by atoms with van der Waals surface area (Å²) in [6.45, 7) is 5.02. The van der Waals surface area contributed by atoms with Crippen LogP contribution in [0.15, 0.2) is 36.4 Å². The van der Waals surface area contributed by atoms with E-state index >= 15 is 0 Å². The summed E-state index contributed by atoms with van der Waals surface area (Å²) in [6.07, 6.45) is 0. The van der Waals surface area contributed by atoms with Crippen molar-refractivity contribution in [2.45, 2.75) is 20.8 Å². The normalized spacial score (nSPS) is 10.2. The molecule has 0 bridgehead atoms. The van der Waals surface area contributed by atoms with Crippen molar-refractivity contribution in [3.63, 3.8) is 0 Å². The molecule has 2 aromatic carbocycles. The van der Waals surface area contributed by atoms with Gasteiger partial charge in [0.05, 0.1) is 29.3 Å². The first-order valence-corrected chi connectivity index (χ1v) is 8.83. The van der Waals surface area contributed by atoms with Crippen LogP contribution in [0.4, 0.5) is 11.4 Å². The van der Waals surface area contributed by atoms with Crippen molar-refractivity contribution in [3.8, 4) is 0 Å². The molecular formula is C20H20N2O7. The highest BCUT2D eigenvalue weighted by molar-refractivity contribution is 6.07. The predicted molar refractivity (Wildman–Crippen MR) is 104 cm³/mol. The summed E-state index contributed by atoms with van der Waals surface area (Å²) in [7, 11) is 0. The minimum Gasteiger partial charge on any atom is -0.462 e. The third-order valence-electron chi connectivity index (χ3n) is 3.96. The lowest BCUT2D eigenvalue weighted by atomic mass is 10.1. The molecule has 0 saturated heterocycles. The van der Waals surface area contributed by atoms with Crippen molar-refractivity contribution in [1.82, 2.24) is 0 Å². The zero-order chi connectivity index (χ0) is 21.6. The van der Waals surface area contributed by atoms with E-state index in [1.807, 2.05) is 0 Å². The summed E-state index contributed by atoms with van der Waals surface area (Å²) in [6, 6.07) is 8.16. The first-order valence-electron chi connectivity index (χ1n) is 8.83. The Morgan fingerprint density at radius 3 is 2.03 bits per heavy atom. The molecule has 0 aromatic heterocycles. The molecular weight excluding hydrogens is 380 g/mol. The van der Waals surface area contributed by atoms with E-state index < -0.39 is 22.8 Å². The van der Waals surface area contributed by atoms with E-state index in [1.54, 1.807) is 13.8 Å². The van der Waals surface area contributed by atoms with Crippen LogP contribution in [-0.2, 0) is 9.47 Å². The van der Waals surface area contributed by atoms with Crippen LogP contribution in [0.1, 0.15) is 50.5 Å². The van der Waals surface area contributed by atoms with Crippen LogP contribution in [0, 0.1) is 17.0 Å². The fourth-order valence-electron chi connectivity index (χ4n) is 2.63. The summed E-state index contributed by atoms with van der Waals surface area (Å²) >= 11 is 0. The van der Waals surface area contributed by atoms with Gasteiger partial charge in [0, 0.05) is 22.9 Å². The van der Waals surface area contributed by atoms with Gasteiger partial charge in [-0.05, 0) is 45.0 Å². The fourth-order valence-corrected chi connectivity index (χ4v) is 2.63. The van der Waals surface area contributed by atoms with Gasteiger partial charge in [0.15, 0.2) is 0 Å². The Bertz CT molecular complexity index is 933. The lowest BCUT2D eigenvalue weighted by Gasteiger charge is -2.11. The van der Waals surface area contributed by atoms with E-state index in [-0.39, 0.29) is 46.8 Å². The Morgan fingerprint density at radius 2 is 1.55 bits per heavy atom. The smallest absolute Gasteiger partial charge is 0.338 e. The van der Waals surface area contributed by atoms with E-state index in [9.17, 15) is 24.5 Å². The summed E-state index contributed by atoms with van der Waals surface area (Å²) in [4.78, 5) is 47.4. The van der Waals surface area contributed by atoms with Crippen LogP contribution in [0.25, 0.3) is 0 Å². The number of carbonyl (C=O) groups excluding carboxylic acids is 3. The van der Waals surface area contributed by atoms with E-state index in [4.69, 9.17) is 9.47 Å². The van der Waals surface area contributed by atoms with Gasteiger partial charge in [0.25, 0.3) is 11.6 Å². The lowest BCUT2D eigenvalue weighted by Crippen LogP contribution is -2.16. The number of esters is 2. The van der Waals surface area contributed by atoms with Crippen molar-refractivity contribution in [2.75, 3.05) is 18.5 Å². The topological polar surface area (TPSA) is 125 Å². The van der Waals surface area contributed by atoms with Gasteiger partial charge in [-0.3, -0.25) is 14.9 Å². The van der Waals surface area contributed by atoms with Gasteiger partial charge in [-0.1, -0.05) is 6.07 Å². The molecule has 0 atom stereocenters. The Balaban J connectivity index is 2.42. The molecule has 0 heterocycles. The van der Waals surface area contributed by atoms with Gasteiger partial charge in [-0.25, -0.2) is 9.59 Å². The lowest BCUT2D eigenvalue weighted by molar-refractivity contribution is -0.385. The first kappa shape index (κ1) is 21.5. The number of ether oxygens (including phenoxy) is 2. The first-order chi connectivity index (χ1) is 13.8. The highest BCUT2D eigenvalue weighted by atomic mass is 16.6. The number of nitrogens with zero attached hydrogens (tertiary/aromatic N) is 1. The largest absolute Gasteiger partial charge is 0.462 e. The van der Waals surface area contributed by atoms with Gasteiger partial charge in [-0.2, -0.15) is 0 Å². The average Bonchev–Trinajstić information content (AvgIpc) is 2.68. The fraction of sp³-hybridized carbons (Fsp3) is 0.250. The van der Waals surface area contributed by atoms with E-state index in [2.05, 4.69) is 5.32 Å². The highest BCUT2D eigenvalue weighted by Gasteiger charge is 2.20. The number of nitro groups is 1.